The molecule has 0 aromatic heterocycles. The van der Waals surface area contributed by atoms with Gasteiger partial charge < -0.3 is 40.3 Å². The van der Waals surface area contributed by atoms with Crippen LogP contribution in [0.25, 0.3) is 0 Å². The Morgan fingerprint density at radius 3 is 1.12 bits per heavy atom. The van der Waals surface area contributed by atoms with Crippen molar-refractivity contribution in [3.63, 3.8) is 0 Å². The molecule has 0 bridgehead atoms. The zero-order valence-corrected chi connectivity index (χ0v) is 52.2. The Morgan fingerprint density at radius 1 is 0.427 bits per heavy atom. The van der Waals surface area contributed by atoms with Crippen molar-refractivity contribution in [1.82, 2.24) is 5.32 Å². The minimum Gasteiger partial charge on any atom is -0.394 e. The first-order valence-corrected chi connectivity index (χ1v) is 33.4. The van der Waals surface area contributed by atoms with Crippen LogP contribution in [-0.2, 0) is 14.3 Å². The van der Waals surface area contributed by atoms with Gasteiger partial charge in [-0.15, -0.1) is 0 Å². The summed E-state index contributed by atoms with van der Waals surface area (Å²) in [5.41, 5.74) is 0. The van der Waals surface area contributed by atoms with Gasteiger partial charge in [0.05, 0.1) is 25.4 Å². The van der Waals surface area contributed by atoms with Crippen molar-refractivity contribution in [2.75, 3.05) is 13.2 Å². The normalized spacial score (nSPS) is 19.2. The highest BCUT2D eigenvalue weighted by atomic mass is 16.7. The van der Waals surface area contributed by atoms with Gasteiger partial charge in [-0.05, 0) is 96.3 Å². The fraction of sp³-hybridized carbons (Fsp3) is 0.685. The lowest BCUT2D eigenvalue weighted by Gasteiger charge is -2.40. The molecule has 7 atom stereocenters. The molecule has 0 spiro atoms. The van der Waals surface area contributed by atoms with Gasteiger partial charge in [0, 0.05) is 6.42 Å². The highest BCUT2D eigenvalue weighted by molar-refractivity contribution is 5.76. The van der Waals surface area contributed by atoms with E-state index in [2.05, 4.69) is 141 Å². The lowest BCUT2D eigenvalue weighted by atomic mass is 9.99. The molecule has 468 valence electrons. The summed E-state index contributed by atoms with van der Waals surface area (Å²) >= 11 is 0. The van der Waals surface area contributed by atoms with Gasteiger partial charge in [-0.25, -0.2) is 0 Å². The molecule has 6 N–H and O–H groups in total. The fourth-order valence-corrected chi connectivity index (χ4v) is 9.77. The summed E-state index contributed by atoms with van der Waals surface area (Å²) in [5, 5.41) is 54.7. The third-order valence-electron chi connectivity index (χ3n) is 15.0. The summed E-state index contributed by atoms with van der Waals surface area (Å²) in [6.45, 7) is 3.67. The van der Waals surface area contributed by atoms with Crippen molar-refractivity contribution >= 4 is 5.91 Å². The number of aliphatic hydroxyl groups is 5. The quantitative estimate of drug-likeness (QED) is 0.0261. The molecule has 9 nitrogen and oxygen atoms in total. The number of hydrogen-bond donors (Lipinski definition) is 6. The van der Waals surface area contributed by atoms with Crippen LogP contribution in [0.2, 0.25) is 0 Å². The molecule has 82 heavy (non-hydrogen) atoms. The molecular formula is C73H123NO8. The van der Waals surface area contributed by atoms with Crippen molar-refractivity contribution in [2.45, 2.75) is 307 Å². The third-order valence-corrected chi connectivity index (χ3v) is 15.0. The van der Waals surface area contributed by atoms with E-state index >= 15 is 0 Å². The molecule has 1 heterocycles. The second-order valence-electron chi connectivity index (χ2n) is 22.5. The third kappa shape index (κ3) is 48.7. The molecule has 1 fully saturated rings. The number of aliphatic hydroxyl groups excluding tert-OH is 5. The molecule has 1 rings (SSSR count). The van der Waals surface area contributed by atoms with E-state index in [9.17, 15) is 30.3 Å². The lowest BCUT2D eigenvalue weighted by Crippen LogP contribution is -2.60. The topological polar surface area (TPSA) is 149 Å². The van der Waals surface area contributed by atoms with Crippen molar-refractivity contribution < 1.29 is 39.8 Å². The zero-order valence-electron chi connectivity index (χ0n) is 52.2. The summed E-state index contributed by atoms with van der Waals surface area (Å²) in [7, 11) is 0. The maximum atomic E-state index is 13.1. The summed E-state index contributed by atoms with van der Waals surface area (Å²) in [6.07, 6.45) is 85.3. The highest BCUT2D eigenvalue weighted by Crippen LogP contribution is 2.23. The van der Waals surface area contributed by atoms with Crippen molar-refractivity contribution in [1.29, 1.82) is 0 Å². The van der Waals surface area contributed by atoms with E-state index in [4.69, 9.17) is 9.47 Å². The fourth-order valence-electron chi connectivity index (χ4n) is 9.77. The lowest BCUT2D eigenvalue weighted by molar-refractivity contribution is -0.302. The van der Waals surface area contributed by atoms with E-state index in [1.807, 2.05) is 6.08 Å². The molecule has 0 aromatic rings. The maximum absolute atomic E-state index is 13.1. The Bertz CT molecular complexity index is 1750. The van der Waals surface area contributed by atoms with Crippen LogP contribution in [0.15, 0.2) is 134 Å². The first-order valence-electron chi connectivity index (χ1n) is 33.4. The number of carbonyl (C=O) groups is 1. The number of amides is 1. The van der Waals surface area contributed by atoms with Gasteiger partial charge in [0.25, 0.3) is 0 Å². The van der Waals surface area contributed by atoms with E-state index in [0.717, 1.165) is 128 Å². The summed E-state index contributed by atoms with van der Waals surface area (Å²) in [5.74, 6) is -0.195. The predicted molar refractivity (Wildman–Crippen MR) is 350 cm³/mol. The van der Waals surface area contributed by atoms with Crippen LogP contribution < -0.4 is 5.32 Å². The number of ether oxygens (including phenoxy) is 2. The second kappa shape index (κ2) is 60.5. The van der Waals surface area contributed by atoms with E-state index in [1.165, 1.54) is 116 Å². The first-order chi connectivity index (χ1) is 40.3. The SMILES string of the molecule is CC/C=C\C/C=C\C/C=C\C/C=C\C/C=C\C/C=C\C/C=C\C/C=C\C/C=C\C/C=C\CCCCCCCCC(=O)NC(COC1OC(CO)C(O)C(O)C1O)C(O)/C=C/CCCCCCCCCCCCCCCCCCCCCC. The molecule has 1 aliphatic rings. The molecule has 1 saturated heterocycles. The van der Waals surface area contributed by atoms with E-state index in [1.54, 1.807) is 6.08 Å². The largest absolute Gasteiger partial charge is 0.394 e. The van der Waals surface area contributed by atoms with E-state index in [0.29, 0.717) is 6.42 Å². The van der Waals surface area contributed by atoms with Crippen molar-refractivity contribution in [3.05, 3.63) is 134 Å². The molecule has 1 amide bonds. The van der Waals surface area contributed by atoms with E-state index < -0.39 is 49.5 Å². The van der Waals surface area contributed by atoms with Crippen LogP contribution in [0.3, 0.4) is 0 Å². The predicted octanol–water partition coefficient (Wildman–Crippen LogP) is 18.0. The minimum absolute atomic E-state index is 0.195. The Labute approximate surface area is 502 Å². The van der Waals surface area contributed by atoms with Crippen LogP contribution >= 0.6 is 0 Å². The number of nitrogens with one attached hydrogen (secondary N) is 1. The van der Waals surface area contributed by atoms with Crippen LogP contribution in [0.4, 0.5) is 0 Å². The summed E-state index contributed by atoms with van der Waals surface area (Å²) in [6, 6.07) is -0.824. The van der Waals surface area contributed by atoms with Gasteiger partial charge in [0.1, 0.15) is 24.4 Å². The molecular weight excluding hydrogens is 1020 g/mol. The van der Waals surface area contributed by atoms with Crippen LogP contribution in [-0.4, -0.2) is 87.5 Å². The zero-order chi connectivity index (χ0) is 59.3. The van der Waals surface area contributed by atoms with Crippen LogP contribution in [0, 0.1) is 0 Å². The summed E-state index contributed by atoms with van der Waals surface area (Å²) < 4.78 is 11.3. The average Bonchev–Trinajstić information content (AvgIpc) is 3.59. The molecule has 9 heteroatoms. The van der Waals surface area contributed by atoms with Gasteiger partial charge in [0.15, 0.2) is 6.29 Å². The Morgan fingerprint density at radius 2 is 0.756 bits per heavy atom. The van der Waals surface area contributed by atoms with Crippen molar-refractivity contribution in [2.24, 2.45) is 0 Å². The van der Waals surface area contributed by atoms with Gasteiger partial charge in [0.2, 0.25) is 5.91 Å². The molecule has 0 saturated carbocycles. The monoisotopic (exact) mass is 1140 g/mol. The Hall–Kier alpha value is -3.67. The second-order valence-corrected chi connectivity index (χ2v) is 22.5. The molecule has 1 aliphatic heterocycles. The highest BCUT2D eigenvalue weighted by Gasteiger charge is 2.44. The first kappa shape index (κ1) is 76.3. The number of hydrogen-bond acceptors (Lipinski definition) is 8. The number of unbranched alkanes of at least 4 members (excludes halogenated alkanes) is 26. The minimum atomic E-state index is -1.58. The van der Waals surface area contributed by atoms with Crippen LogP contribution in [0.5, 0.6) is 0 Å². The molecule has 0 radical (unpaired) electrons. The van der Waals surface area contributed by atoms with Gasteiger partial charge >= 0.3 is 0 Å². The van der Waals surface area contributed by atoms with Gasteiger partial charge in [-0.3, -0.25) is 4.79 Å². The standard InChI is InChI=1S/C73H123NO8/c1-3-5-7-9-11-13-15-17-19-21-23-25-27-28-29-30-31-32-33-34-35-36-37-38-39-40-41-43-45-47-49-51-53-55-57-59-61-63-69(77)74-66(65-81-73-72(80)71(79)70(78)68(64-75)82-73)67(76)62-60-58-56-54-52-50-48-46-44-42-26-24-22-20-18-16-14-12-10-8-6-4-2/h5,7,11,13,17,19,23,25,28-29,31-32,34-35,37-38,40-41,45,47,60,62,66-68,70-73,75-76,78-80H,3-4,6,8-10,12,14-16,18,20-22,24,26-27,30,33,36,39,42-44,46,48-59,61,63-65H2,1-2H3,(H,74,77)/b7-5-,13-11-,19-17-,25-23-,29-28-,32-31-,35-34-,38-37-,41-40-,47-45-,62-60+. The molecule has 0 aliphatic carbocycles. The Kier molecular flexibility index (Phi) is 56.3. The van der Waals surface area contributed by atoms with Gasteiger partial charge in [-0.1, -0.05) is 295 Å². The number of rotatable bonds is 56. The average molecular weight is 1140 g/mol. The molecule has 0 aromatic carbocycles. The number of allylic oxidation sites excluding steroid dienone is 21. The smallest absolute Gasteiger partial charge is 0.220 e. The summed E-state index contributed by atoms with van der Waals surface area (Å²) in [4.78, 5) is 13.1. The Balaban J connectivity index is 2.20. The number of carbonyl (C=O) groups excluding carboxylic acids is 1. The van der Waals surface area contributed by atoms with E-state index in [-0.39, 0.29) is 12.5 Å². The van der Waals surface area contributed by atoms with Crippen molar-refractivity contribution in [3.8, 4) is 0 Å². The van der Waals surface area contributed by atoms with Crippen LogP contribution in [0.1, 0.15) is 264 Å². The molecule has 7 unspecified atom stereocenters. The maximum Gasteiger partial charge on any atom is 0.220 e. The van der Waals surface area contributed by atoms with Gasteiger partial charge in [-0.2, -0.15) is 0 Å².